The Kier molecular flexibility index (Phi) is 3.77. The Balaban J connectivity index is 3.62. The van der Waals surface area contributed by atoms with Crippen LogP contribution in [0.15, 0.2) is 0 Å². The van der Waals surface area contributed by atoms with Gasteiger partial charge in [-0.1, -0.05) is 0 Å². The summed E-state index contributed by atoms with van der Waals surface area (Å²) in [6, 6.07) is 0. The van der Waals surface area contributed by atoms with Crippen LogP contribution in [0.4, 0.5) is 0 Å². The smallest absolute Gasteiger partial charge is 0.279 e. The van der Waals surface area contributed by atoms with Gasteiger partial charge in [0.05, 0.1) is 0 Å². The molecular weight excluding hydrogens is 120 g/mol. The lowest BCUT2D eigenvalue weighted by atomic mass is 10.6. The van der Waals surface area contributed by atoms with E-state index < -0.39 is 5.97 Å². The Hall–Kier alpha value is -0.120. The van der Waals surface area contributed by atoms with Crippen LogP contribution >= 0.6 is 0 Å². The molecule has 0 fully saturated rings. The molecule has 0 rings (SSSR count). The molecule has 0 aromatic carbocycles. The highest BCUT2D eigenvalue weighted by Gasteiger charge is 2.21. The Labute approximate surface area is 55.9 Å². The van der Waals surface area contributed by atoms with E-state index >= 15 is 0 Å². The van der Waals surface area contributed by atoms with E-state index in [0.717, 1.165) is 0 Å². The molecule has 0 aliphatic rings. The second-order valence-corrected chi connectivity index (χ2v) is 1.70. The quantitative estimate of drug-likeness (QED) is 0.536. The Morgan fingerprint density at radius 3 is 1.78 bits per heavy atom. The first-order valence-electron chi connectivity index (χ1n) is 2.92. The average molecular weight is 134 g/mol. The van der Waals surface area contributed by atoms with Crippen LogP contribution in [-0.4, -0.2) is 26.8 Å². The van der Waals surface area contributed by atoms with Gasteiger partial charge in [0.15, 0.2) is 0 Å². The predicted octanol–water partition coefficient (Wildman–Crippen LogP) is 0.989. The summed E-state index contributed by atoms with van der Waals surface area (Å²) in [7, 11) is 3.08. The van der Waals surface area contributed by atoms with Crippen molar-refractivity contribution in [3.8, 4) is 0 Å². The molecule has 0 heterocycles. The van der Waals surface area contributed by atoms with Crippen molar-refractivity contribution in [3.63, 3.8) is 0 Å². The van der Waals surface area contributed by atoms with Gasteiger partial charge in [0, 0.05) is 27.8 Å². The lowest BCUT2D eigenvalue weighted by Gasteiger charge is -2.24. The molecule has 0 aromatic rings. The largest absolute Gasteiger partial charge is 0.331 e. The molecule has 0 aliphatic carbocycles. The molecule has 0 atom stereocenters. The van der Waals surface area contributed by atoms with Crippen LogP contribution < -0.4 is 0 Å². The van der Waals surface area contributed by atoms with E-state index in [1.807, 2.05) is 6.92 Å². The first kappa shape index (κ1) is 8.88. The topological polar surface area (TPSA) is 27.7 Å². The van der Waals surface area contributed by atoms with Crippen molar-refractivity contribution < 1.29 is 14.2 Å². The van der Waals surface area contributed by atoms with Crippen LogP contribution in [0.5, 0.6) is 0 Å². The number of methoxy groups -OCH3 is 2. The van der Waals surface area contributed by atoms with Gasteiger partial charge in [0.1, 0.15) is 0 Å². The number of hydrogen-bond acceptors (Lipinski definition) is 3. The van der Waals surface area contributed by atoms with E-state index in [9.17, 15) is 0 Å². The first-order chi connectivity index (χ1) is 4.18. The van der Waals surface area contributed by atoms with Gasteiger partial charge in [-0.2, -0.15) is 0 Å². The first-order valence-corrected chi connectivity index (χ1v) is 2.92. The number of rotatable bonds is 4. The highest BCUT2D eigenvalue weighted by atomic mass is 16.9. The van der Waals surface area contributed by atoms with Gasteiger partial charge < -0.3 is 14.2 Å². The van der Waals surface area contributed by atoms with Crippen LogP contribution in [0.1, 0.15) is 13.8 Å². The summed E-state index contributed by atoms with van der Waals surface area (Å²) in [6.07, 6.45) is 0. The third kappa shape index (κ3) is 2.79. The van der Waals surface area contributed by atoms with Crippen LogP contribution in [0.2, 0.25) is 0 Å². The molecule has 0 radical (unpaired) electrons. The van der Waals surface area contributed by atoms with Gasteiger partial charge in [-0.25, -0.2) is 0 Å². The SMILES string of the molecule is CCOC(C)(OC)OC. The standard InChI is InChI=1S/C6H14O3/c1-5-9-6(2,7-3)8-4/h5H2,1-4H3. The zero-order valence-corrected chi connectivity index (χ0v) is 6.43. The Morgan fingerprint density at radius 2 is 1.67 bits per heavy atom. The van der Waals surface area contributed by atoms with Crippen molar-refractivity contribution in [1.82, 2.24) is 0 Å². The maximum Gasteiger partial charge on any atom is 0.279 e. The van der Waals surface area contributed by atoms with E-state index in [1.54, 1.807) is 21.1 Å². The summed E-state index contributed by atoms with van der Waals surface area (Å²) >= 11 is 0. The minimum atomic E-state index is -0.866. The summed E-state index contributed by atoms with van der Waals surface area (Å²) in [5, 5.41) is 0. The van der Waals surface area contributed by atoms with Crippen molar-refractivity contribution >= 4 is 0 Å². The van der Waals surface area contributed by atoms with E-state index in [1.165, 1.54) is 0 Å². The number of ether oxygens (including phenoxy) is 3. The van der Waals surface area contributed by atoms with Gasteiger partial charge >= 0.3 is 0 Å². The minimum absolute atomic E-state index is 0.582. The molecule has 9 heavy (non-hydrogen) atoms. The molecule has 0 N–H and O–H groups in total. The normalized spacial score (nSPS) is 12.0. The summed E-state index contributed by atoms with van der Waals surface area (Å²) in [5.74, 6) is -0.866. The Morgan fingerprint density at radius 1 is 1.22 bits per heavy atom. The Bertz CT molecular complexity index is 68.7. The fourth-order valence-electron chi connectivity index (χ4n) is 0.463. The molecule has 0 bridgehead atoms. The zero-order chi connectivity index (χ0) is 7.33. The van der Waals surface area contributed by atoms with Crippen molar-refractivity contribution in [2.75, 3.05) is 20.8 Å². The lowest BCUT2D eigenvalue weighted by Crippen LogP contribution is -2.32. The van der Waals surface area contributed by atoms with Gasteiger partial charge in [-0.3, -0.25) is 0 Å². The summed E-state index contributed by atoms with van der Waals surface area (Å²) in [6.45, 7) is 4.19. The molecule has 3 heteroatoms. The van der Waals surface area contributed by atoms with Crippen LogP contribution in [0, 0.1) is 0 Å². The molecule has 0 spiro atoms. The molecule has 0 aromatic heterocycles. The van der Waals surface area contributed by atoms with E-state index in [4.69, 9.17) is 14.2 Å². The molecule has 0 saturated carbocycles. The monoisotopic (exact) mass is 134 g/mol. The van der Waals surface area contributed by atoms with E-state index in [2.05, 4.69) is 0 Å². The van der Waals surface area contributed by atoms with E-state index in [-0.39, 0.29) is 0 Å². The van der Waals surface area contributed by atoms with Gasteiger partial charge in [0.2, 0.25) is 0 Å². The predicted molar refractivity (Wildman–Crippen MR) is 34.0 cm³/mol. The van der Waals surface area contributed by atoms with Gasteiger partial charge in [0.25, 0.3) is 5.97 Å². The van der Waals surface area contributed by atoms with Crippen LogP contribution in [0.25, 0.3) is 0 Å². The zero-order valence-electron chi connectivity index (χ0n) is 6.43. The molecule has 56 valence electrons. The maximum absolute atomic E-state index is 5.08. The lowest BCUT2D eigenvalue weighted by molar-refractivity contribution is -0.349. The third-order valence-electron chi connectivity index (χ3n) is 1.15. The van der Waals surface area contributed by atoms with Gasteiger partial charge in [-0.05, 0) is 6.92 Å². The second kappa shape index (κ2) is 3.82. The highest BCUT2D eigenvalue weighted by Crippen LogP contribution is 2.10. The average Bonchev–Trinajstić information content (AvgIpc) is 1.89. The summed E-state index contributed by atoms with van der Waals surface area (Å²) in [5.41, 5.74) is 0. The molecule has 0 saturated heterocycles. The van der Waals surface area contributed by atoms with Crippen LogP contribution in [0.3, 0.4) is 0 Å². The maximum atomic E-state index is 5.08. The highest BCUT2D eigenvalue weighted by molar-refractivity contribution is 4.41. The molecule has 0 unspecified atom stereocenters. The summed E-state index contributed by atoms with van der Waals surface area (Å²) < 4.78 is 14.8. The number of hydrogen-bond donors (Lipinski definition) is 0. The molecule has 3 nitrogen and oxygen atoms in total. The molecule has 0 aliphatic heterocycles. The molecular formula is C6H14O3. The van der Waals surface area contributed by atoms with E-state index in [0.29, 0.717) is 6.61 Å². The van der Waals surface area contributed by atoms with Crippen molar-refractivity contribution in [3.05, 3.63) is 0 Å². The van der Waals surface area contributed by atoms with Crippen molar-refractivity contribution in [2.45, 2.75) is 19.8 Å². The van der Waals surface area contributed by atoms with Crippen LogP contribution in [-0.2, 0) is 14.2 Å². The second-order valence-electron chi connectivity index (χ2n) is 1.70. The van der Waals surface area contributed by atoms with Gasteiger partial charge in [-0.15, -0.1) is 0 Å². The summed E-state index contributed by atoms with van der Waals surface area (Å²) in [4.78, 5) is 0. The fourth-order valence-corrected chi connectivity index (χ4v) is 0.463. The molecule has 0 amide bonds. The minimum Gasteiger partial charge on any atom is -0.331 e. The van der Waals surface area contributed by atoms with Crippen molar-refractivity contribution in [1.29, 1.82) is 0 Å². The fraction of sp³-hybridized carbons (Fsp3) is 1.00. The third-order valence-corrected chi connectivity index (χ3v) is 1.15. The van der Waals surface area contributed by atoms with Crippen molar-refractivity contribution in [2.24, 2.45) is 0 Å².